The Morgan fingerprint density at radius 2 is 1.33 bits per heavy atom. The van der Waals surface area contributed by atoms with E-state index in [0.717, 1.165) is 13.0 Å². The van der Waals surface area contributed by atoms with E-state index in [1.165, 1.54) is 64.2 Å². The van der Waals surface area contributed by atoms with E-state index in [2.05, 4.69) is 45.1 Å². The maximum Gasteiger partial charge on any atom is -0.00258 e. The van der Waals surface area contributed by atoms with Gasteiger partial charge in [-0.2, -0.15) is 0 Å². The van der Waals surface area contributed by atoms with Crippen LogP contribution >= 0.6 is 0 Å². The molecule has 0 rings (SSSR count). The van der Waals surface area contributed by atoms with Crippen LogP contribution in [-0.2, 0) is 0 Å². The van der Waals surface area contributed by atoms with Gasteiger partial charge in [0.15, 0.2) is 0 Å². The molecule has 0 aromatic heterocycles. The second-order valence-corrected chi connectivity index (χ2v) is 7.00. The van der Waals surface area contributed by atoms with Crippen molar-refractivity contribution >= 4 is 0 Å². The molecule has 1 heteroatoms. The Balaban J connectivity index is 3.29. The average molecular weight is 294 g/mol. The third-order valence-electron chi connectivity index (χ3n) is 4.11. The van der Waals surface area contributed by atoms with Crippen LogP contribution in [0.3, 0.4) is 0 Å². The average Bonchev–Trinajstić information content (AvgIpc) is 2.47. The molecular weight excluding hydrogens is 254 g/mol. The molecule has 0 fully saturated rings. The molecule has 0 spiro atoms. The van der Waals surface area contributed by atoms with Crippen LogP contribution in [0, 0.1) is 5.41 Å². The van der Waals surface area contributed by atoms with Crippen LogP contribution in [0.4, 0.5) is 0 Å². The Labute approximate surface area is 134 Å². The summed E-state index contributed by atoms with van der Waals surface area (Å²) >= 11 is 0. The molecule has 21 heavy (non-hydrogen) atoms. The molecule has 124 valence electrons. The van der Waals surface area contributed by atoms with Gasteiger partial charge < -0.3 is 5.73 Å². The van der Waals surface area contributed by atoms with Gasteiger partial charge in [-0.25, -0.2) is 0 Å². The van der Waals surface area contributed by atoms with Crippen molar-refractivity contribution in [3.8, 4) is 0 Å². The highest BCUT2D eigenvalue weighted by molar-refractivity contribution is 4.92. The first-order valence-electron chi connectivity index (χ1n) is 9.12. The molecule has 0 aromatic rings. The fraction of sp³-hybridized carbons (Fsp3) is 0.800. The number of hydrogen-bond donors (Lipinski definition) is 1. The van der Waals surface area contributed by atoms with Crippen LogP contribution in [-0.4, -0.2) is 6.54 Å². The van der Waals surface area contributed by atoms with Gasteiger partial charge in [0.05, 0.1) is 0 Å². The molecule has 0 bridgehead atoms. The SMILES string of the molecule is CCCCCC=CCC=CCCCCCCC(C)(C)CN. The highest BCUT2D eigenvalue weighted by Gasteiger charge is 2.13. The highest BCUT2D eigenvalue weighted by Crippen LogP contribution is 2.22. The van der Waals surface area contributed by atoms with Gasteiger partial charge >= 0.3 is 0 Å². The zero-order valence-electron chi connectivity index (χ0n) is 14.9. The van der Waals surface area contributed by atoms with E-state index in [0.29, 0.717) is 5.41 Å². The molecule has 0 atom stereocenters. The number of allylic oxidation sites excluding steroid dienone is 4. The van der Waals surface area contributed by atoms with Gasteiger partial charge in [0, 0.05) is 0 Å². The van der Waals surface area contributed by atoms with Crippen molar-refractivity contribution in [2.45, 2.75) is 91.4 Å². The van der Waals surface area contributed by atoms with E-state index in [1.54, 1.807) is 0 Å². The van der Waals surface area contributed by atoms with Crippen LogP contribution in [0.2, 0.25) is 0 Å². The molecule has 0 saturated carbocycles. The predicted octanol–water partition coefficient (Wildman–Crippen LogP) is 6.39. The third-order valence-corrected chi connectivity index (χ3v) is 4.11. The Bertz CT molecular complexity index is 263. The second-order valence-electron chi connectivity index (χ2n) is 7.00. The van der Waals surface area contributed by atoms with Gasteiger partial charge in [0.25, 0.3) is 0 Å². The minimum Gasteiger partial charge on any atom is -0.330 e. The van der Waals surface area contributed by atoms with E-state index in [4.69, 9.17) is 5.73 Å². The van der Waals surface area contributed by atoms with Crippen LogP contribution in [0.5, 0.6) is 0 Å². The summed E-state index contributed by atoms with van der Waals surface area (Å²) in [5.74, 6) is 0. The third kappa shape index (κ3) is 15.6. The van der Waals surface area contributed by atoms with E-state index in [-0.39, 0.29) is 0 Å². The van der Waals surface area contributed by atoms with Crippen molar-refractivity contribution in [3.63, 3.8) is 0 Å². The lowest BCUT2D eigenvalue weighted by Gasteiger charge is -2.21. The van der Waals surface area contributed by atoms with Crippen LogP contribution in [0.25, 0.3) is 0 Å². The van der Waals surface area contributed by atoms with Crippen LogP contribution in [0.15, 0.2) is 24.3 Å². The van der Waals surface area contributed by atoms with Gasteiger partial charge in [0.2, 0.25) is 0 Å². The fourth-order valence-electron chi connectivity index (χ4n) is 2.34. The van der Waals surface area contributed by atoms with Gasteiger partial charge in [0.1, 0.15) is 0 Å². The number of unbranched alkanes of at least 4 members (excludes halogenated alkanes) is 7. The fourth-order valence-corrected chi connectivity index (χ4v) is 2.34. The van der Waals surface area contributed by atoms with E-state index in [1.807, 2.05) is 0 Å². The molecule has 0 saturated heterocycles. The molecule has 0 aromatic carbocycles. The summed E-state index contributed by atoms with van der Waals surface area (Å²) in [7, 11) is 0. The van der Waals surface area contributed by atoms with E-state index >= 15 is 0 Å². The molecule has 2 N–H and O–H groups in total. The molecule has 0 aliphatic heterocycles. The van der Waals surface area contributed by atoms with E-state index < -0.39 is 0 Å². The van der Waals surface area contributed by atoms with Crippen molar-refractivity contribution in [1.82, 2.24) is 0 Å². The second kappa shape index (κ2) is 14.4. The van der Waals surface area contributed by atoms with Gasteiger partial charge in [-0.1, -0.05) is 77.2 Å². The normalized spacial score (nSPS) is 12.8. The summed E-state index contributed by atoms with van der Waals surface area (Å²) in [6, 6.07) is 0. The molecule has 0 amide bonds. The summed E-state index contributed by atoms with van der Waals surface area (Å²) in [5.41, 5.74) is 6.08. The minimum atomic E-state index is 0.337. The van der Waals surface area contributed by atoms with E-state index in [9.17, 15) is 0 Å². The summed E-state index contributed by atoms with van der Waals surface area (Å²) < 4.78 is 0. The number of rotatable bonds is 14. The summed E-state index contributed by atoms with van der Waals surface area (Å²) in [6.07, 6.45) is 23.6. The van der Waals surface area contributed by atoms with Crippen molar-refractivity contribution in [2.75, 3.05) is 6.54 Å². The summed E-state index contributed by atoms with van der Waals surface area (Å²) in [6.45, 7) is 7.60. The Kier molecular flexibility index (Phi) is 14.0. The smallest absolute Gasteiger partial charge is 0.00258 e. The quantitative estimate of drug-likeness (QED) is 0.291. The molecule has 0 heterocycles. The minimum absolute atomic E-state index is 0.337. The summed E-state index contributed by atoms with van der Waals surface area (Å²) in [5, 5.41) is 0. The number of hydrogen-bond acceptors (Lipinski definition) is 1. The van der Waals surface area contributed by atoms with Gasteiger partial charge in [-0.05, 0) is 50.5 Å². The maximum absolute atomic E-state index is 5.75. The zero-order valence-corrected chi connectivity index (χ0v) is 14.9. The monoisotopic (exact) mass is 293 g/mol. The van der Waals surface area contributed by atoms with Crippen LogP contribution < -0.4 is 5.73 Å². The van der Waals surface area contributed by atoms with Crippen molar-refractivity contribution in [1.29, 1.82) is 0 Å². The molecule has 0 aliphatic rings. The number of nitrogens with two attached hydrogens (primary N) is 1. The highest BCUT2D eigenvalue weighted by atomic mass is 14.6. The molecule has 1 nitrogen and oxygen atoms in total. The Morgan fingerprint density at radius 1 is 0.762 bits per heavy atom. The van der Waals surface area contributed by atoms with Crippen LogP contribution in [0.1, 0.15) is 91.4 Å². The lowest BCUT2D eigenvalue weighted by atomic mass is 9.87. The topological polar surface area (TPSA) is 26.0 Å². The lowest BCUT2D eigenvalue weighted by Crippen LogP contribution is -2.23. The first-order valence-corrected chi connectivity index (χ1v) is 9.12. The molecule has 0 unspecified atom stereocenters. The molecule has 0 aliphatic carbocycles. The van der Waals surface area contributed by atoms with Crippen molar-refractivity contribution < 1.29 is 0 Å². The predicted molar refractivity (Wildman–Crippen MR) is 97.6 cm³/mol. The standard InChI is InChI=1S/C20H39N/c1-4-5-6-7-8-9-10-11-12-13-14-15-16-17-18-20(2,3)19-21/h8-9,11-12H,4-7,10,13-19,21H2,1-3H3. The first-order chi connectivity index (χ1) is 10.1. The summed E-state index contributed by atoms with van der Waals surface area (Å²) in [4.78, 5) is 0. The lowest BCUT2D eigenvalue weighted by molar-refractivity contribution is 0.330. The largest absolute Gasteiger partial charge is 0.330 e. The van der Waals surface area contributed by atoms with Gasteiger partial charge in [-0.3, -0.25) is 0 Å². The maximum atomic E-state index is 5.75. The molecule has 0 radical (unpaired) electrons. The molecular formula is C20H39N. The first kappa shape index (κ1) is 20.4. The zero-order chi connectivity index (χ0) is 15.8. The Morgan fingerprint density at radius 3 is 1.90 bits per heavy atom. The van der Waals surface area contributed by atoms with Crippen molar-refractivity contribution in [2.24, 2.45) is 11.1 Å². The van der Waals surface area contributed by atoms with Gasteiger partial charge in [-0.15, -0.1) is 0 Å². The van der Waals surface area contributed by atoms with Crippen molar-refractivity contribution in [3.05, 3.63) is 24.3 Å². The Hall–Kier alpha value is -0.560.